The minimum absolute atomic E-state index is 0.0472. The van der Waals surface area contributed by atoms with Gasteiger partial charge in [-0.3, -0.25) is 4.79 Å². The Hall–Kier alpha value is -0.830. The predicted molar refractivity (Wildman–Crippen MR) is 65.2 cm³/mol. The molecule has 0 aromatic heterocycles. The molecule has 1 aliphatic rings. The minimum atomic E-state index is -0.747. The predicted octanol–water partition coefficient (Wildman–Crippen LogP) is 2.42. The zero-order chi connectivity index (χ0) is 12.2. The van der Waals surface area contributed by atoms with Gasteiger partial charge in [0, 0.05) is 13.2 Å². The molecule has 1 aliphatic carbocycles. The van der Waals surface area contributed by atoms with Crippen LogP contribution in [0.3, 0.4) is 0 Å². The lowest BCUT2D eigenvalue weighted by atomic mass is 9.94. The van der Waals surface area contributed by atoms with Gasteiger partial charge < -0.3 is 10.1 Å². The Morgan fingerprint density at radius 1 is 1.50 bits per heavy atom. The van der Waals surface area contributed by atoms with Gasteiger partial charge in [0.1, 0.15) is 5.60 Å². The average Bonchev–Trinajstić information content (AvgIpc) is 2.30. The fraction of sp³-hybridized carbons (Fsp3) is 0.769. The molecule has 0 aromatic rings. The van der Waals surface area contributed by atoms with E-state index in [1.807, 2.05) is 6.92 Å². The second kappa shape index (κ2) is 5.48. The lowest BCUT2D eigenvalue weighted by Crippen LogP contribution is -2.47. The number of allylic oxidation sites excluding steroid dienone is 1. The van der Waals surface area contributed by atoms with Crippen molar-refractivity contribution in [3.05, 3.63) is 11.6 Å². The summed E-state index contributed by atoms with van der Waals surface area (Å²) in [5, 5.41) is 3.01. The first-order valence-electron chi connectivity index (χ1n) is 6.02. The van der Waals surface area contributed by atoms with Gasteiger partial charge in [-0.15, -0.1) is 0 Å². The molecule has 3 nitrogen and oxygen atoms in total. The number of hydrogen-bond acceptors (Lipinski definition) is 2. The molecule has 0 aliphatic heterocycles. The Bertz CT molecular complexity index is 282. The number of ether oxygens (including phenoxy) is 1. The maximum atomic E-state index is 11.9. The van der Waals surface area contributed by atoms with Crippen LogP contribution in [-0.2, 0) is 9.53 Å². The molecule has 1 rings (SSSR count). The molecule has 0 saturated carbocycles. The van der Waals surface area contributed by atoms with Crippen LogP contribution in [0.25, 0.3) is 0 Å². The highest BCUT2D eigenvalue weighted by molar-refractivity contribution is 5.84. The zero-order valence-corrected chi connectivity index (χ0v) is 10.8. The summed E-state index contributed by atoms with van der Waals surface area (Å²) in [6.07, 6.45) is 7.01. The van der Waals surface area contributed by atoms with E-state index in [9.17, 15) is 4.79 Å². The molecule has 0 saturated heterocycles. The van der Waals surface area contributed by atoms with Gasteiger partial charge >= 0.3 is 0 Å². The van der Waals surface area contributed by atoms with E-state index in [2.05, 4.69) is 11.4 Å². The van der Waals surface area contributed by atoms with E-state index in [0.29, 0.717) is 0 Å². The number of nitrogens with one attached hydrogen (secondary N) is 1. The van der Waals surface area contributed by atoms with E-state index < -0.39 is 5.60 Å². The summed E-state index contributed by atoms with van der Waals surface area (Å²) < 4.78 is 5.16. The first-order valence-corrected chi connectivity index (χ1v) is 6.02. The molecule has 1 atom stereocenters. The number of carbonyl (C=O) groups excluding carboxylic acids is 1. The van der Waals surface area contributed by atoms with Gasteiger partial charge in [0.25, 0.3) is 5.91 Å². The normalized spacial score (nSPS) is 18.9. The van der Waals surface area contributed by atoms with Crippen LogP contribution >= 0.6 is 0 Å². The van der Waals surface area contributed by atoms with Gasteiger partial charge in [0.05, 0.1) is 0 Å². The lowest BCUT2D eigenvalue weighted by molar-refractivity contribution is -0.139. The number of hydrogen-bond donors (Lipinski definition) is 1. The Kier molecular flexibility index (Phi) is 4.54. The maximum absolute atomic E-state index is 11.9. The van der Waals surface area contributed by atoms with Crippen LogP contribution in [0.5, 0.6) is 0 Å². The van der Waals surface area contributed by atoms with E-state index in [-0.39, 0.29) is 11.9 Å². The summed E-state index contributed by atoms with van der Waals surface area (Å²) >= 11 is 0. The first-order chi connectivity index (χ1) is 7.47. The van der Waals surface area contributed by atoms with Crippen molar-refractivity contribution in [2.45, 2.75) is 58.1 Å². The van der Waals surface area contributed by atoms with Gasteiger partial charge in [-0.2, -0.15) is 0 Å². The number of methoxy groups -OCH3 is 1. The van der Waals surface area contributed by atoms with Gasteiger partial charge in [-0.25, -0.2) is 0 Å². The minimum Gasteiger partial charge on any atom is -0.369 e. The third-order valence-electron chi connectivity index (χ3n) is 3.29. The third-order valence-corrected chi connectivity index (χ3v) is 3.29. The SMILES string of the molecule is COC(C)(C)C(=O)N[C@@H](C)C1=CCCCC1. The lowest BCUT2D eigenvalue weighted by Gasteiger charge is -2.26. The fourth-order valence-electron chi connectivity index (χ4n) is 1.81. The van der Waals surface area contributed by atoms with E-state index in [0.717, 1.165) is 12.8 Å². The molecular formula is C13H23NO2. The maximum Gasteiger partial charge on any atom is 0.252 e. The van der Waals surface area contributed by atoms with Crippen molar-refractivity contribution in [2.24, 2.45) is 0 Å². The number of rotatable bonds is 4. The number of carbonyl (C=O) groups is 1. The Morgan fingerprint density at radius 2 is 2.19 bits per heavy atom. The highest BCUT2D eigenvalue weighted by Gasteiger charge is 2.28. The summed E-state index contributed by atoms with van der Waals surface area (Å²) in [7, 11) is 1.56. The van der Waals surface area contributed by atoms with Crippen LogP contribution in [-0.4, -0.2) is 24.7 Å². The van der Waals surface area contributed by atoms with Crippen molar-refractivity contribution in [2.75, 3.05) is 7.11 Å². The van der Waals surface area contributed by atoms with Gasteiger partial charge in [0.2, 0.25) is 0 Å². The van der Waals surface area contributed by atoms with E-state index in [1.165, 1.54) is 18.4 Å². The van der Waals surface area contributed by atoms with Crippen molar-refractivity contribution in [3.63, 3.8) is 0 Å². The van der Waals surface area contributed by atoms with Crippen LogP contribution in [0.1, 0.15) is 46.5 Å². The quantitative estimate of drug-likeness (QED) is 0.746. The smallest absolute Gasteiger partial charge is 0.252 e. The molecule has 1 N–H and O–H groups in total. The molecule has 0 spiro atoms. The molecule has 0 aromatic carbocycles. The zero-order valence-electron chi connectivity index (χ0n) is 10.8. The largest absolute Gasteiger partial charge is 0.369 e. The van der Waals surface area contributed by atoms with E-state index in [4.69, 9.17) is 4.74 Å². The fourth-order valence-corrected chi connectivity index (χ4v) is 1.81. The van der Waals surface area contributed by atoms with Gasteiger partial charge in [-0.05, 0) is 46.5 Å². The van der Waals surface area contributed by atoms with Crippen LogP contribution in [0.2, 0.25) is 0 Å². The van der Waals surface area contributed by atoms with E-state index >= 15 is 0 Å². The standard InChI is InChI=1S/C13H23NO2/c1-10(11-8-6-5-7-9-11)14-12(15)13(2,3)16-4/h8,10H,5-7,9H2,1-4H3,(H,14,15)/t10-/m0/s1. The van der Waals surface area contributed by atoms with Crippen molar-refractivity contribution in [3.8, 4) is 0 Å². The van der Waals surface area contributed by atoms with Crippen molar-refractivity contribution in [1.29, 1.82) is 0 Å². The summed E-state index contributed by atoms with van der Waals surface area (Å²) in [6, 6.07) is 0.127. The average molecular weight is 225 g/mol. The monoisotopic (exact) mass is 225 g/mol. The number of amides is 1. The van der Waals surface area contributed by atoms with E-state index in [1.54, 1.807) is 21.0 Å². The Labute approximate surface area is 98.2 Å². The summed E-state index contributed by atoms with van der Waals surface area (Å²) in [5.41, 5.74) is 0.607. The van der Waals surface area contributed by atoms with Crippen molar-refractivity contribution < 1.29 is 9.53 Å². The third kappa shape index (κ3) is 3.34. The van der Waals surface area contributed by atoms with Crippen LogP contribution in [0, 0.1) is 0 Å². The summed E-state index contributed by atoms with van der Waals surface area (Å²) in [5.74, 6) is -0.0472. The first kappa shape index (κ1) is 13.2. The Balaban J connectivity index is 2.54. The summed E-state index contributed by atoms with van der Waals surface area (Å²) in [4.78, 5) is 11.9. The molecule has 16 heavy (non-hydrogen) atoms. The highest BCUT2D eigenvalue weighted by Crippen LogP contribution is 2.20. The second-order valence-electron chi connectivity index (χ2n) is 4.93. The van der Waals surface area contributed by atoms with Crippen LogP contribution in [0.15, 0.2) is 11.6 Å². The highest BCUT2D eigenvalue weighted by atomic mass is 16.5. The molecule has 0 unspecified atom stereocenters. The molecule has 0 fully saturated rings. The Morgan fingerprint density at radius 3 is 2.69 bits per heavy atom. The van der Waals surface area contributed by atoms with Crippen molar-refractivity contribution in [1.82, 2.24) is 5.32 Å². The molecule has 92 valence electrons. The van der Waals surface area contributed by atoms with Gasteiger partial charge in [0.15, 0.2) is 0 Å². The molecule has 1 amide bonds. The second-order valence-corrected chi connectivity index (χ2v) is 4.93. The molecule has 0 heterocycles. The molecule has 3 heteroatoms. The van der Waals surface area contributed by atoms with Gasteiger partial charge in [-0.1, -0.05) is 11.6 Å². The topological polar surface area (TPSA) is 38.3 Å². The summed E-state index contributed by atoms with van der Waals surface area (Å²) in [6.45, 7) is 5.61. The molecular weight excluding hydrogens is 202 g/mol. The van der Waals surface area contributed by atoms with Crippen LogP contribution < -0.4 is 5.32 Å². The molecule has 0 radical (unpaired) electrons. The van der Waals surface area contributed by atoms with Crippen LogP contribution in [0.4, 0.5) is 0 Å². The molecule has 0 bridgehead atoms. The van der Waals surface area contributed by atoms with Crippen molar-refractivity contribution >= 4 is 5.91 Å².